The van der Waals surface area contributed by atoms with Crippen molar-refractivity contribution in [3.8, 4) is 5.75 Å². The molecule has 26 heavy (non-hydrogen) atoms. The monoisotopic (exact) mass is 433 g/mol. The van der Waals surface area contributed by atoms with Crippen molar-refractivity contribution in [1.29, 1.82) is 0 Å². The Morgan fingerprint density at radius 3 is 2.58 bits per heavy atom. The number of nitrogens with one attached hydrogen (secondary N) is 2. The molecule has 134 valence electrons. The van der Waals surface area contributed by atoms with Crippen molar-refractivity contribution in [2.24, 2.45) is 0 Å². The Balaban J connectivity index is 1.90. The Labute approximate surface area is 162 Å². The second-order valence-electron chi connectivity index (χ2n) is 5.41. The maximum absolute atomic E-state index is 12.4. The van der Waals surface area contributed by atoms with Crippen LogP contribution in [0.15, 0.2) is 40.9 Å². The van der Waals surface area contributed by atoms with E-state index in [0.717, 1.165) is 9.17 Å². The number of anilines is 2. The number of hydrogen-bond acceptors (Lipinski definition) is 5. The third kappa shape index (κ3) is 4.03. The van der Waals surface area contributed by atoms with E-state index >= 15 is 0 Å². The van der Waals surface area contributed by atoms with Crippen LogP contribution >= 0.6 is 27.3 Å². The lowest BCUT2D eigenvalue weighted by molar-refractivity contribution is -0.115. The molecule has 8 heteroatoms. The molecular formula is C18H16BrN3O3S. The normalized spacial score (nSPS) is 10.6. The number of carbonyl (C=O) groups is 2. The fourth-order valence-electron chi connectivity index (χ4n) is 2.29. The predicted molar refractivity (Wildman–Crippen MR) is 107 cm³/mol. The van der Waals surface area contributed by atoms with Crippen molar-refractivity contribution in [3.05, 3.63) is 46.4 Å². The fraction of sp³-hybridized carbons (Fsp3) is 0.167. The molecule has 0 atom stereocenters. The average Bonchev–Trinajstić information content (AvgIpc) is 3.03. The molecule has 3 rings (SSSR count). The van der Waals surface area contributed by atoms with Gasteiger partial charge >= 0.3 is 0 Å². The molecule has 0 spiro atoms. The number of nitrogens with zero attached hydrogens (tertiary/aromatic N) is 1. The molecule has 1 heterocycles. The number of methoxy groups -OCH3 is 1. The Morgan fingerprint density at radius 1 is 1.19 bits per heavy atom. The van der Waals surface area contributed by atoms with Gasteiger partial charge in [0.2, 0.25) is 5.91 Å². The van der Waals surface area contributed by atoms with E-state index in [1.54, 1.807) is 32.2 Å². The molecule has 2 aromatic carbocycles. The number of carbonyl (C=O) groups excluding carboxylic acids is 2. The summed E-state index contributed by atoms with van der Waals surface area (Å²) in [5.74, 6) is 0.205. The van der Waals surface area contributed by atoms with E-state index < -0.39 is 0 Å². The highest BCUT2D eigenvalue weighted by molar-refractivity contribution is 9.10. The zero-order valence-corrected chi connectivity index (χ0v) is 16.5. The molecule has 2 N–H and O–H groups in total. The van der Waals surface area contributed by atoms with E-state index in [1.165, 1.54) is 11.3 Å². The largest absolute Gasteiger partial charge is 0.494 e. The minimum atomic E-state index is -0.220. The van der Waals surface area contributed by atoms with Gasteiger partial charge in [0.25, 0.3) is 5.91 Å². The van der Waals surface area contributed by atoms with E-state index in [1.807, 2.05) is 18.2 Å². The zero-order chi connectivity index (χ0) is 18.7. The predicted octanol–water partition coefficient (Wildman–Crippen LogP) is 4.67. The Kier molecular flexibility index (Phi) is 5.53. The molecule has 1 aromatic heterocycles. The quantitative estimate of drug-likeness (QED) is 0.612. The number of thiazole rings is 1. The van der Waals surface area contributed by atoms with Gasteiger partial charge in [0.15, 0.2) is 5.13 Å². The standard InChI is InChI=1S/C18H16BrN3O3S/c1-3-15(23)21-18-22-16-13(25-2)8-12(9-14(16)26-18)20-17(24)10-4-6-11(19)7-5-10/h4-9H,3H2,1-2H3,(H,20,24)(H,21,22,23). The van der Waals surface area contributed by atoms with Crippen LogP contribution in [-0.2, 0) is 4.79 Å². The van der Waals surface area contributed by atoms with E-state index in [2.05, 4.69) is 31.5 Å². The third-order valence-electron chi connectivity index (χ3n) is 3.61. The van der Waals surface area contributed by atoms with E-state index in [4.69, 9.17) is 4.74 Å². The minimum absolute atomic E-state index is 0.105. The summed E-state index contributed by atoms with van der Waals surface area (Å²) in [5.41, 5.74) is 1.79. The zero-order valence-electron chi connectivity index (χ0n) is 14.1. The van der Waals surface area contributed by atoms with Crippen molar-refractivity contribution in [2.45, 2.75) is 13.3 Å². The highest BCUT2D eigenvalue weighted by Gasteiger charge is 2.14. The number of aromatic nitrogens is 1. The van der Waals surface area contributed by atoms with Crippen molar-refractivity contribution in [2.75, 3.05) is 17.7 Å². The number of hydrogen-bond donors (Lipinski definition) is 2. The van der Waals surface area contributed by atoms with Crippen LogP contribution in [0.4, 0.5) is 10.8 Å². The first kappa shape index (κ1) is 18.3. The number of benzene rings is 2. The molecule has 0 aliphatic rings. The molecule has 0 aliphatic heterocycles. The van der Waals surface area contributed by atoms with Gasteiger partial charge in [-0.2, -0.15) is 0 Å². The summed E-state index contributed by atoms with van der Waals surface area (Å²) in [7, 11) is 1.54. The van der Waals surface area contributed by atoms with Crippen LogP contribution in [0.2, 0.25) is 0 Å². The molecule has 0 radical (unpaired) electrons. The molecule has 2 amide bonds. The molecule has 0 aliphatic carbocycles. The van der Waals surface area contributed by atoms with Crippen molar-refractivity contribution >= 4 is 60.1 Å². The summed E-state index contributed by atoms with van der Waals surface area (Å²) in [6.07, 6.45) is 0.377. The highest BCUT2D eigenvalue weighted by Crippen LogP contribution is 2.35. The van der Waals surface area contributed by atoms with Crippen LogP contribution in [0.5, 0.6) is 5.75 Å². The second kappa shape index (κ2) is 7.84. The third-order valence-corrected chi connectivity index (χ3v) is 5.06. The lowest BCUT2D eigenvalue weighted by Gasteiger charge is -2.08. The molecule has 0 saturated carbocycles. The molecule has 6 nitrogen and oxygen atoms in total. The topological polar surface area (TPSA) is 80.3 Å². The summed E-state index contributed by atoms with van der Waals surface area (Å²) < 4.78 is 7.10. The first-order valence-corrected chi connectivity index (χ1v) is 9.46. The first-order valence-electron chi connectivity index (χ1n) is 7.85. The lowest BCUT2D eigenvalue weighted by atomic mass is 10.2. The smallest absolute Gasteiger partial charge is 0.255 e. The van der Waals surface area contributed by atoms with E-state index in [-0.39, 0.29) is 11.8 Å². The van der Waals surface area contributed by atoms with E-state index in [9.17, 15) is 9.59 Å². The Hall–Kier alpha value is -2.45. The van der Waals surface area contributed by atoms with E-state index in [0.29, 0.717) is 34.1 Å². The van der Waals surface area contributed by atoms with Crippen LogP contribution < -0.4 is 15.4 Å². The van der Waals surface area contributed by atoms with Crippen LogP contribution in [0.25, 0.3) is 10.2 Å². The lowest BCUT2D eigenvalue weighted by Crippen LogP contribution is -2.11. The maximum Gasteiger partial charge on any atom is 0.255 e. The first-order chi connectivity index (χ1) is 12.5. The van der Waals surface area contributed by atoms with Gasteiger partial charge in [-0.25, -0.2) is 4.98 Å². The SMILES string of the molecule is CCC(=O)Nc1nc2c(OC)cc(NC(=O)c3ccc(Br)cc3)cc2s1. The van der Waals surface area contributed by atoms with Crippen LogP contribution in [0.3, 0.4) is 0 Å². The summed E-state index contributed by atoms with van der Waals surface area (Å²) in [6.45, 7) is 1.78. The molecule has 0 saturated heterocycles. The van der Waals surface area contributed by atoms with Crippen LogP contribution in [-0.4, -0.2) is 23.9 Å². The van der Waals surface area contributed by atoms with Gasteiger partial charge in [-0.15, -0.1) is 0 Å². The second-order valence-corrected chi connectivity index (χ2v) is 7.35. The minimum Gasteiger partial charge on any atom is -0.494 e. The van der Waals surface area contributed by atoms with Gasteiger partial charge in [0.1, 0.15) is 11.3 Å². The average molecular weight is 434 g/mol. The number of ether oxygens (including phenoxy) is 1. The van der Waals surface area contributed by atoms with Crippen molar-refractivity contribution in [3.63, 3.8) is 0 Å². The number of fused-ring (bicyclic) bond motifs is 1. The van der Waals surface area contributed by atoms with Gasteiger partial charge in [0.05, 0.1) is 11.8 Å². The summed E-state index contributed by atoms with van der Waals surface area (Å²) in [4.78, 5) is 28.4. The van der Waals surface area contributed by atoms with Crippen LogP contribution in [0.1, 0.15) is 23.7 Å². The van der Waals surface area contributed by atoms with Gasteiger partial charge in [0, 0.05) is 28.2 Å². The molecule has 3 aromatic rings. The van der Waals surface area contributed by atoms with Gasteiger partial charge in [-0.1, -0.05) is 34.2 Å². The summed E-state index contributed by atoms with van der Waals surface area (Å²) in [6, 6.07) is 10.6. The Bertz CT molecular complexity index is 970. The molecular weight excluding hydrogens is 418 g/mol. The summed E-state index contributed by atoms with van der Waals surface area (Å²) >= 11 is 4.68. The fourth-order valence-corrected chi connectivity index (χ4v) is 3.50. The maximum atomic E-state index is 12.4. The molecule has 0 unspecified atom stereocenters. The van der Waals surface area contributed by atoms with Crippen LogP contribution in [0, 0.1) is 0 Å². The van der Waals surface area contributed by atoms with Gasteiger partial charge in [-0.3, -0.25) is 9.59 Å². The van der Waals surface area contributed by atoms with Gasteiger partial charge in [-0.05, 0) is 30.3 Å². The number of amides is 2. The number of rotatable bonds is 5. The molecule has 0 bridgehead atoms. The summed E-state index contributed by atoms with van der Waals surface area (Å²) in [5, 5.41) is 6.11. The Morgan fingerprint density at radius 2 is 1.92 bits per heavy atom. The molecule has 0 fully saturated rings. The van der Waals surface area contributed by atoms with Crippen molar-refractivity contribution < 1.29 is 14.3 Å². The van der Waals surface area contributed by atoms with Gasteiger partial charge < -0.3 is 15.4 Å². The number of halogens is 1. The highest BCUT2D eigenvalue weighted by atomic mass is 79.9. The van der Waals surface area contributed by atoms with Crippen molar-refractivity contribution in [1.82, 2.24) is 4.98 Å².